The maximum absolute atomic E-state index is 12.7. The van der Waals surface area contributed by atoms with Gasteiger partial charge in [0.25, 0.3) is 0 Å². The molecule has 1 fully saturated rings. The maximum Gasteiger partial charge on any atom is 0.346 e. The van der Waals surface area contributed by atoms with Crippen LogP contribution < -0.4 is 5.32 Å². The van der Waals surface area contributed by atoms with E-state index in [9.17, 15) is 14.7 Å². The van der Waals surface area contributed by atoms with E-state index in [1.807, 2.05) is 36.4 Å². The fourth-order valence-electron chi connectivity index (χ4n) is 4.34. The van der Waals surface area contributed by atoms with Gasteiger partial charge in [-0.25, -0.2) is 9.78 Å². The summed E-state index contributed by atoms with van der Waals surface area (Å²) in [7, 11) is 0. The number of aromatic carboxylic acids is 1. The Hall–Kier alpha value is -2.52. The molecule has 2 aromatic heterocycles. The number of hydrogen-bond acceptors (Lipinski definition) is 6. The number of hydrogen-bond donors (Lipinski definition) is 2. The van der Waals surface area contributed by atoms with Gasteiger partial charge in [0, 0.05) is 15.8 Å². The molecule has 0 aliphatic carbocycles. The van der Waals surface area contributed by atoms with Gasteiger partial charge in [-0.2, -0.15) is 0 Å². The summed E-state index contributed by atoms with van der Waals surface area (Å²) in [4.78, 5) is 31.6. The maximum atomic E-state index is 12.7. The van der Waals surface area contributed by atoms with E-state index in [0.29, 0.717) is 21.5 Å². The van der Waals surface area contributed by atoms with Gasteiger partial charge >= 0.3 is 5.97 Å². The number of amides is 1. The number of rotatable bonds is 6. The molecule has 164 valence electrons. The van der Waals surface area contributed by atoms with Crippen molar-refractivity contribution in [3.63, 3.8) is 0 Å². The topological polar surface area (TPSA) is 82.5 Å². The van der Waals surface area contributed by atoms with Crippen LogP contribution in [-0.2, 0) is 11.2 Å². The lowest BCUT2D eigenvalue weighted by atomic mass is 10.0. The van der Waals surface area contributed by atoms with Crippen LogP contribution >= 0.6 is 34.3 Å². The highest BCUT2D eigenvalue weighted by Crippen LogP contribution is 2.34. The Morgan fingerprint density at radius 2 is 2.03 bits per heavy atom. The monoisotopic (exact) mass is 485 g/mol. The smallest absolute Gasteiger partial charge is 0.346 e. The number of carbonyl (C=O) groups is 2. The van der Waals surface area contributed by atoms with Crippen LogP contribution in [0.1, 0.15) is 28.1 Å². The van der Waals surface area contributed by atoms with Crippen LogP contribution in [0, 0.1) is 0 Å². The largest absolute Gasteiger partial charge is 0.477 e. The quantitative estimate of drug-likeness (QED) is 0.376. The lowest BCUT2D eigenvalue weighted by Crippen LogP contribution is -2.38. The van der Waals surface area contributed by atoms with Crippen molar-refractivity contribution in [3.05, 3.63) is 57.9 Å². The normalized spacial score (nSPS) is 16.7. The molecule has 0 saturated carbocycles. The highest BCUT2D eigenvalue weighted by molar-refractivity contribution is 7.22. The van der Waals surface area contributed by atoms with Crippen molar-refractivity contribution in [1.82, 2.24) is 9.88 Å². The Bertz CT molecular complexity index is 1330. The number of aromatic nitrogens is 1. The van der Waals surface area contributed by atoms with Gasteiger partial charge < -0.3 is 10.4 Å². The summed E-state index contributed by atoms with van der Waals surface area (Å²) >= 11 is 8.76. The zero-order valence-corrected chi connectivity index (χ0v) is 19.4. The highest BCUT2D eigenvalue weighted by atomic mass is 35.5. The molecular weight excluding hydrogens is 466 g/mol. The summed E-state index contributed by atoms with van der Waals surface area (Å²) in [6.45, 7) is 1.07. The molecule has 0 spiro atoms. The van der Waals surface area contributed by atoms with Crippen LogP contribution in [0.2, 0.25) is 5.02 Å². The van der Waals surface area contributed by atoms with Gasteiger partial charge in [-0.15, -0.1) is 11.3 Å². The number of anilines is 1. The van der Waals surface area contributed by atoms with Gasteiger partial charge in [0.2, 0.25) is 5.91 Å². The first kappa shape index (κ1) is 21.3. The number of carboxylic acid groups (broad SMARTS) is 1. The minimum atomic E-state index is -0.889. The number of carbonyl (C=O) groups excluding carboxylic acids is 1. The van der Waals surface area contributed by atoms with Gasteiger partial charge in [0.15, 0.2) is 5.13 Å². The second-order valence-corrected chi connectivity index (χ2v) is 10.4. The van der Waals surface area contributed by atoms with E-state index in [4.69, 9.17) is 11.6 Å². The van der Waals surface area contributed by atoms with E-state index in [-0.39, 0.29) is 18.5 Å². The molecule has 1 atom stereocenters. The van der Waals surface area contributed by atoms with Gasteiger partial charge in [-0.05, 0) is 61.0 Å². The number of thiazole rings is 1. The van der Waals surface area contributed by atoms with Crippen molar-refractivity contribution in [3.8, 4) is 0 Å². The first-order valence-electron chi connectivity index (χ1n) is 10.3. The summed E-state index contributed by atoms with van der Waals surface area (Å²) in [6.07, 6.45) is 2.55. The summed E-state index contributed by atoms with van der Waals surface area (Å²) < 4.78 is 1.91. The average molecular weight is 486 g/mol. The lowest BCUT2D eigenvalue weighted by molar-refractivity contribution is -0.117. The third-order valence-electron chi connectivity index (χ3n) is 5.77. The zero-order chi connectivity index (χ0) is 22.2. The Kier molecular flexibility index (Phi) is 5.86. The van der Waals surface area contributed by atoms with Crippen LogP contribution in [0.4, 0.5) is 5.13 Å². The molecule has 4 aromatic rings. The molecule has 1 amide bonds. The Morgan fingerprint density at radius 3 is 2.88 bits per heavy atom. The SMILES string of the molecule is O=C(CN1CCC[C@@H]1Cc1c(C(=O)O)sc2ccccc12)Nc1nc2ccc(Cl)cc2s1. The second kappa shape index (κ2) is 8.78. The molecule has 6 nitrogen and oxygen atoms in total. The minimum absolute atomic E-state index is 0.115. The second-order valence-electron chi connectivity index (χ2n) is 7.86. The van der Waals surface area contributed by atoms with Gasteiger partial charge in [0.05, 0.1) is 16.8 Å². The first-order valence-corrected chi connectivity index (χ1v) is 12.3. The molecular formula is C23H20ClN3O3S2. The number of fused-ring (bicyclic) bond motifs is 2. The molecule has 32 heavy (non-hydrogen) atoms. The van der Waals surface area contributed by atoms with E-state index in [1.54, 1.807) is 6.07 Å². The molecule has 0 unspecified atom stereocenters. The predicted molar refractivity (Wildman–Crippen MR) is 130 cm³/mol. The predicted octanol–water partition coefficient (Wildman–Crippen LogP) is 5.51. The number of benzene rings is 2. The van der Waals surface area contributed by atoms with Gasteiger partial charge in [-0.3, -0.25) is 9.69 Å². The van der Waals surface area contributed by atoms with E-state index in [2.05, 4.69) is 15.2 Å². The number of thiophene rings is 1. The molecule has 5 rings (SSSR count). The first-order chi connectivity index (χ1) is 15.5. The molecule has 1 aliphatic rings. The molecule has 2 aromatic carbocycles. The third-order valence-corrected chi connectivity index (χ3v) is 8.14. The van der Waals surface area contributed by atoms with Gasteiger partial charge in [0.1, 0.15) is 4.88 Å². The fraction of sp³-hybridized carbons (Fsp3) is 0.261. The number of halogens is 1. The van der Waals surface area contributed by atoms with Crippen molar-refractivity contribution in [2.75, 3.05) is 18.4 Å². The summed E-state index contributed by atoms with van der Waals surface area (Å²) in [5.74, 6) is -1.00. The van der Waals surface area contributed by atoms with E-state index >= 15 is 0 Å². The minimum Gasteiger partial charge on any atom is -0.477 e. The highest BCUT2D eigenvalue weighted by Gasteiger charge is 2.29. The molecule has 3 heterocycles. The Balaban J connectivity index is 1.31. The Labute approximate surface area is 197 Å². The standard InChI is InChI=1S/C23H20ClN3O3S2/c24-13-7-8-17-19(10-13)32-23(25-17)26-20(28)12-27-9-3-4-14(27)11-16-15-5-1-2-6-18(15)31-21(16)22(29)30/h1-2,5-8,10,14H,3-4,9,11-12H2,(H,29,30)(H,25,26,28)/t14-/m1/s1. The van der Waals surface area contributed by atoms with Gasteiger partial charge in [-0.1, -0.05) is 41.1 Å². The summed E-state index contributed by atoms with van der Waals surface area (Å²) in [6, 6.07) is 13.4. The fourth-order valence-corrected chi connectivity index (χ4v) is 6.57. The number of carboxylic acids is 1. The van der Waals surface area contributed by atoms with Crippen LogP contribution in [0.5, 0.6) is 0 Å². The number of nitrogens with one attached hydrogen (secondary N) is 1. The van der Waals surface area contributed by atoms with Crippen LogP contribution in [0.25, 0.3) is 20.3 Å². The van der Waals surface area contributed by atoms with Crippen molar-refractivity contribution < 1.29 is 14.7 Å². The number of likely N-dealkylation sites (tertiary alicyclic amines) is 1. The molecule has 2 N–H and O–H groups in total. The van der Waals surface area contributed by atoms with Crippen molar-refractivity contribution in [2.45, 2.75) is 25.3 Å². The van der Waals surface area contributed by atoms with Crippen LogP contribution in [0.3, 0.4) is 0 Å². The molecule has 0 bridgehead atoms. The Morgan fingerprint density at radius 1 is 1.19 bits per heavy atom. The third kappa shape index (κ3) is 4.23. The summed E-state index contributed by atoms with van der Waals surface area (Å²) in [5.41, 5.74) is 1.68. The van der Waals surface area contributed by atoms with E-state index in [1.165, 1.54) is 22.7 Å². The van der Waals surface area contributed by atoms with E-state index < -0.39 is 5.97 Å². The number of nitrogens with zero attached hydrogens (tertiary/aromatic N) is 2. The van der Waals surface area contributed by atoms with Crippen molar-refractivity contribution >= 4 is 71.6 Å². The molecule has 1 saturated heterocycles. The van der Waals surface area contributed by atoms with Crippen molar-refractivity contribution in [1.29, 1.82) is 0 Å². The molecule has 9 heteroatoms. The van der Waals surface area contributed by atoms with Crippen LogP contribution in [0.15, 0.2) is 42.5 Å². The van der Waals surface area contributed by atoms with Crippen molar-refractivity contribution in [2.24, 2.45) is 0 Å². The van der Waals surface area contributed by atoms with E-state index in [0.717, 1.165) is 45.3 Å². The molecule has 1 aliphatic heterocycles. The molecule has 0 radical (unpaired) electrons. The van der Waals surface area contributed by atoms with Crippen LogP contribution in [-0.4, -0.2) is 46.0 Å². The summed E-state index contributed by atoms with van der Waals surface area (Å²) in [5, 5.41) is 14.8. The average Bonchev–Trinajstić information content (AvgIpc) is 3.45. The lowest BCUT2D eigenvalue weighted by Gasteiger charge is -2.23. The zero-order valence-electron chi connectivity index (χ0n) is 17.0.